The average molecular weight is 370 g/mol. The molecule has 27 heavy (non-hydrogen) atoms. The van der Waals surface area contributed by atoms with Crippen molar-refractivity contribution in [1.29, 1.82) is 0 Å². The fourth-order valence-electron chi connectivity index (χ4n) is 3.21. The topological polar surface area (TPSA) is 50.8 Å². The van der Waals surface area contributed by atoms with Crippen molar-refractivity contribution >= 4 is 11.6 Å². The first kappa shape index (κ1) is 20.8. The highest BCUT2D eigenvalue weighted by Crippen LogP contribution is 2.28. The van der Waals surface area contributed by atoms with Crippen LogP contribution in [0.1, 0.15) is 29.2 Å². The molecule has 0 saturated carbocycles. The molecule has 2 rings (SSSR count). The molecular formula is C22H30N2O3. The van der Waals surface area contributed by atoms with Gasteiger partial charge in [0.1, 0.15) is 0 Å². The molecule has 2 aromatic rings. The first-order chi connectivity index (χ1) is 12.8. The molecule has 0 aromatic heterocycles. The van der Waals surface area contributed by atoms with Gasteiger partial charge in [0.25, 0.3) is 0 Å². The molecule has 1 N–H and O–H groups in total. The summed E-state index contributed by atoms with van der Waals surface area (Å²) in [5.74, 6) is 1.36. The van der Waals surface area contributed by atoms with E-state index in [0.29, 0.717) is 18.0 Å². The minimum absolute atomic E-state index is 0.0203. The molecule has 0 bridgehead atoms. The summed E-state index contributed by atoms with van der Waals surface area (Å²) in [5, 5.41) is 3.09. The van der Waals surface area contributed by atoms with Gasteiger partial charge in [-0.05, 0) is 63.6 Å². The van der Waals surface area contributed by atoms with Gasteiger partial charge < -0.3 is 14.8 Å². The predicted molar refractivity (Wildman–Crippen MR) is 110 cm³/mol. The monoisotopic (exact) mass is 370 g/mol. The highest BCUT2D eigenvalue weighted by molar-refractivity contribution is 5.95. The van der Waals surface area contributed by atoms with Crippen LogP contribution < -0.4 is 14.8 Å². The maximum atomic E-state index is 12.8. The van der Waals surface area contributed by atoms with Gasteiger partial charge in [0.05, 0.1) is 20.3 Å². The number of rotatable bonds is 7. The van der Waals surface area contributed by atoms with E-state index in [1.54, 1.807) is 14.2 Å². The maximum absolute atomic E-state index is 12.8. The minimum atomic E-state index is -0.279. The lowest BCUT2D eigenvalue weighted by Crippen LogP contribution is -2.39. The Morgan fingerprint density at radius 2 is 1.63 bits per heavy atom. The highest BCUT2D eigenvalue weighted by atomic mass is 16.5. The van der Waals surface area contributed by atoms with E-state index < -0.39 is 0 Å². The van der Waals surface area contributed by atoms with Crippen molar-refractivity contribution in [2.24, 2.45) is 0 Å². The highest BCUT2D eigenvalue weighted by Gasteiger charge is 2.20. The first-order valence-corrected chi connectivity index (χ1v) is 9.06. The molecule has 0 aliphatic carbocycles. The Morgan fingerprint density at radius 1 is 1.04 bits per heavy atom. The van der Waals surface area contributed by atoms with Gasteiger partial charge in [-0.25, -0.2) is 0 Å². The van der Waals surface area contributed by atoms with Crippen molar-refractivity contribution in [3.8, 4) is 11.5 Å². The van der Waals surface area contributed by atoms with E-state index in [0.717, 1.165) is 22.4 Å². The Hall–Kier alpha value is -2.53. The number of benzene rings is 2. The Balaban J connectivity index is 2.08. The van der Waals surface area contributed by atoms with Gasteiger partial charge in [-0.3, -0.25) is 9.69 Å². The van der Waals surface area contributed by atoms with E-state index in [9.17, 15) is 4.79 Å². The SMILES string of the molecule is COc1ccc(CN(C)[C@@H](C)C(=O)Nc2c(C)cc(C)cc2C)cc1OC. The van der Waals surface area contributed by atoms with E-state index in [1.807, 2.05) is 50.9 Å². The van der Waals surface area contributed by atoms with Gasteiger partial charge in [-0.15, -0.1) is 0 Å². The van der Waals surface area contributed by atoms with E-state index in [2.05, 4.69) is 24.4 Å². The van der Waals surface area contributed by atoms with E-state index in [-0.39, 0.29) is 11.9 Å². The Morgan fingerprint density at radius 3 is 2.19 bits per heavy atom. The lowest BCUT2D eigenvalue weighted by molar-refractivity contribution is -0.120. The van der Waals surface area contributed by atoms with Crippen LogP contribution in [0.4, 0.5) is 5.69 Å². The summed E-state index contributed by atoms with van der Waals surface area (Å²) in [4.78, 5) is 14.8. The van der Waals surface area contributed by atoms with Gasteiger partial charge in [-0.2, -0.15) is 0 Å². The summed E-state index contributed by atoms with van der Waals surface area (Å²) in [6.07, 6.45) is 0. The fraction of sp³-hybridized carbons (Fsp3) is 0.409. The molecule has 1 amide bonds. The molecular weight excluding hydrogens is 340 g/mol. The number of aryl methyl sites for hydroxylation is 3. The molecule has 0 unspecified atom stereocenters. The number of amides is 1. The average Bonchev–Trinajstić information content (AvgIpc) is 2.63. The number of carbonyl (C=O) groups is 1. The summed E-state index contributed by atoms with van der Waals surface area (Å²) in [6, 6.07) is 9.69. The third-order valence-corrected chi connectivity index (χ3v) is 4.85. The standard InChI is InChI=1S/C22H30N2O3/c1-14-10-15(2)21(16(3)11-14)23-22(25)17(4)24(5)13-18-8-9-19(26-6)20(12-18)27-7/h8-12,17H,13H2,1-7H3,(H,23,25)/t17-/m0/s1. The molecule has 2 aromatic carbocycles. The Labute approximate surface area is 162 Å². The van der Waals surface area contributed by atoms with Crippen molar-refractivity contribution in [1.82, 2.24) is 4.90 Å². The molecule has 146 valence electrons. The second-order valence-electron chi connectivity index (χ2n) is 7.04. The third kappa shape index (κ3) is 5.01. The molecule has 0 fully saturated rings. The van der Waals surface area contributed by atoms with Crippen LogP contribution in [0, 0.1) is 20.8 Å². The van der Waals surface area contributed by atoms with E-state index >= 15 is 0 Å². The lowest BCUT2D eigenvalue weighted by atomic mass is 10.0. The first-order valence-electron chi connectivity index (χ1n) is 9.06. The lowest BCUT2D eigenvalue weighted by Gasteiger charge is -2.25. The van der Waals surface area contributed by atoms with Crippen LogP contribution in [0.15, 0.2) is 30.3 Å². The molecule has 0 spiro atoms. The number of anilines is 1. The summed E-state index contributed by atoms with van der Waals surface area (Å²) >= 11 is 0. The number of nitrogens with one attached hydrogen (secondary N) is 1. The van der Waals surface area contributed by atoms with Crippen LogP contribution in [-0.2, 0) is 11.3 Å². The molecule has 0 heterocycles. The zero-order chi connectivity index (χ0) is 20.1. The van der Waals surface area contributed by atoms with Crippen LogP contribution >= 0.6 is 0 Å². The van der Waals surface area contributed by atoms with Gasteiger partial charge >= 0.3 is 0 Å². The number of likely N-dealkylation sites (N-methyl/N-ethyl adjacent to an activating group) is 1. The number of methoxy groups -OCH3 is 2. The molecule has 0 aliphatic heterocycles. The summed E-state index contributed by atoms with van der Waals surface area (Å²) in [6.45, 7) is 8.64. The molecule has 0 radical (unpaired) electrons. The summed E-state index contributed by atoms with van der Waals surface area (Å²) in [7, 11) is 5.18. The summed E-state index contributed by atoms with van der Waals surface area (Å²) < 4.78 is 10.6. The van der Waals surface area contributed by atoms with Crippen molar-refractivity contribution in [3.05, 3.63) is 52.6 Å². The van der Waals surface area contributed by atoms with Gasteiger partial charge in [0.15, 0.2) is 11.5 Å². The number of hydrogen-bond donors (Lipinski definition) is 1. The predicted octanol–water partition coefficient (Wildman–Crippen LogP) is 4.09. The fourth-order valence-corrected chi connectivity index (χ4v) is 3.21. The number of nitrogens with zero attached hydrogens (tertiary/aromatic N) is 1. The zero-order valence-corrected chi connectivity index (χ0v) is 17.3. The van der Waals surface area contributed by atoms with Crippen LogP contribution in [0.2, 0.25) is 0 Å². The van der Waals surface area contributed by atoms with Gasteiger partial charge in [0, 0.05) is 12.2 Å². The van der Waals surface area contributed by atoms with Crippen molar-refractivity contribution in [3.63, 3.8) is 0 Å². The molecule has 1 atom stereocenters. The van der Waals surface area contributed by atoms with Crippen molar-refractivity contribution in [2.45, 2.75) is 40.3 Å². The number of carbonyl (C=O) groups excluding carboxylic acids is 1. The summed E-state index contributed by atoms with van der Waals surface area (Å²) in [5.41, 5.74) is 5.31. The van der Waals surface area contributed by atoms with Crippen LogP contribution in [0.25, 0.3) is 0 Å². The number of hydrogen-bond acceptors (Lipinski definition) is 4. The van der Waals surface area contributed by atoms with Crippen LogP contribution in [0.3, 0.4) is 0 Å². The Kier molecular flexibility index (Phi) is 6.86. The molecule has 5 heteroatoms. The maximum Gasteiger partial charge on any atom is 0.241 e. The molecule has 5 nitrogen and oxygen atoms in total. The van der Waals surface area contributed by atoms with Gasteiger partial charge in [-0.1, -0.05) is 23.8 Å². The quantitative estimate of drug-likeness (QED) is 0.798. The molecule has 0 aliphatic rings. The third-order valence-electron chi connectivity index (χ3n) is 4.85. The normalized spacial score (nSPS) is 12.0. The minimum Gasteiger partial charge on any atom is -0.493 e. The van der Waals surface area contributed by atoms with Crippen LogP contribution in [0.5, 0.6) is 11.5 Å². The van der Waals surface area contributed by atoms with E-state index in [4.69, 9.17) is 9.47 Å². The van der Waals surface area contributed by atoms with Crippen molar-refractivity contribution in [2.75, 3.05) is 26.6 Å². The largest absolute Gasteiger partial charge is 0.493 e. The second kappa shape index (κ2) is 8.91. The van der Waals surface area contributed by atoms with Gasteiger partial charge in [0.2, 0.25) is 5.91 Å². The van der Waals surface area contributed by atoms with Crippen LogP contribution in [-0.4, -0.2) is 38.1 Å². The zero-order valence-electron chi connectivity index (χ0n) is 17.3. The number of ether oxygens (including phenoxy) is 2. The smallest absolute Gasteiger partial charge is 0.241 e. The molecule has 0 saturated heterocycles. The Bertz CT molecular complexity index is 794. The second-order valence-corrected chi connectivity index (χ2v) is 7.04. The van der Waals surface area contributed by atoms with E-state index in [1.165, 1.54) is 5.56 Å². The van der Waals surface area contributed by atoms with Crippen molar-refractivity contribution < 1.29 is 14.3 Å².